The Balaban J connectivity index is 1.60. The lowest BCUT2D eigenvalue weighted by molar-refractivity contribution is -0.385. The number of imide groups is 1. The van der Waals surface area contributed by atoms with Crippen molar-refractivity contribution in [1.29, 1.82) is 0 Å². The lowest BCUT2D eigenvalue weighted by atomic mass is 10.1. The predicted octanol–water partition coefficient (Wildman–Crippen LogP) is 3.66. The highest BCUT2D eigenvalue weighted by atomic mass is 16.6. The second-order valence-electron chi connectivity index (χ2n) is 6.64. The first kappa shape index (κ1) is 19.8. The highest BCUT2D eigenvalue weighted by Crippen LogP contribution is 2.31. The molecule has 4 rings (SSSR count). The van der Waals surface area contributed by atoms with Crippen LogP contribution < -0.4 is 15.0 Å². The maximum absolute atomic E-state index is 12.8. The van der Waals surface area contributed by atoms with Crippen molar-refractivity contribution in [3.63, 3.8) is 0 Å². The Hall–Kier alpha value is -4.53. The molecule has 0 bridgehead atoms. The van der Waals surface area contributed by atoms with Gasteiger partial charge in [0.25, 0.3) is 17.7 Å². The van der Waals surface area contributed by atoms with Crippen LogP contribution in [0.5, 0.6) is 5.75 Å². The number of para-hydroxylation sites is 1. The molecule has 0 aliphatic carbocycles. The zero-order valence-corrected chi connectivity index (χ0v) is 16.2. The van der Waals surface area contributed by atoms with Gasteiger partial charge in [-0.15, -0.1) is 0 Å². The molecule has 0 saturated carbocycles. The molecule has 9 nitrogen and oxygen atoms in total. The topological polar surface area (TPSA) is 119 Å². The molecule has 1 heterocycles. The van der Waals surface area contributed by atoms with E-state index in [0.717, 1.165) is 11.0 Å². The van der Waals surface area contributed by atoms with Crippen molar-refractivity contribution in [1.82, 2.24) is 0 Å². The molecule has 3 aromatic carbocycles. The maximum atomic E-state index is 12.8. The third kappa shape index (κ3) is 3.48. The number of hydrogen-bond donors (Lipinski definition) is 1. The molecule has 0 aromatic heterocycles. The van der Waals surface area contributed by atoms with Crippen molar-refractivity contribution in [3.8, 4) is 5.75 Å². The minimum atomic E-state index is -0.645. The fraction of sp³-hybridized carbons (Fsp3) is 0.0455. The maximum Gasteiger partial charge on any atom is 0.311 e. The summed E-state index contributed by atoms with van der Waals surface area (Å²) >= 11 is 0. The number of rotatable bonds is 5. The Kier molecular flexibility index (Phi) is 4.92. The summed E-state index contributed by atoms with van der Waals surface area (Å²) in [6.45, 7) is 0. The molecule has 9 heteroatoms. The number of nitrogens with zero attached hydrogens (tertiary/aromatic N) is 2. The first-order valence-corrected chi connectivity index (χ1v) is 9.12. The SMILES string of the molecule is COc1ccc(C(=O)Nc2ccc3c(c2)C(=O)N(c2ccccc2)C3=O)cc1[N+](=O)[O-]. The Morgan fingerprint density at radius 1 is 0.968 bits per heavy atom. The van der Waals surface area contributed by atoms with Crippen molar-refractivity contribution in [2.24, 2.45) is 0 Å². The van der Waals surface area contributed by atoms with Crippen molar-refractivity contribution >= 4 is 34.8 Å². The van der Waals surface area contributed by atoms with Gasteiger partial charge in [0.2, 0.25) is 0 Å². The predicted molar refractivity (Wildman–Crippen MR) is 112 cm³/mol. The third-order valence-electron chi connectivity index (χ3n) is 4.80. The van der Waals surface area contributed by atoms with Crippen molar-refractivity contribution < 1.29 is 24.0 Å². The van der Waals surface area contributed by atoms with E-state index in [-0.39, 0.29) is 33.8 Å². The average Bonchev–Trinajstić information content (AvgIpc) is 3.03. The van der Waals surface area contributed by atoms with Gasteiger partial charge >= 0.3 is 5.69 Å². The number of fused-ring (bicyclic) bond motifs is 1. The van der Waals surface area contributed by atoms with Gasteiger partial charge in [-0.05, 0) is 42.5 Å². The van der Waals surface area contributed by atoms with E-state index in [1.807, 2.05) is 0 Å². The molecule has 0 saturated heterocycles. The van der Waals surface area contributed by atoms with Gasteiger partial charge < -0.3 is 10.1 Å². The van der Waals surface area contributed by atoms with E-state index in [1.165, 1.54) is 37.4 Å². The number of hydrogen-bond acceptors (Lipinski definition) is 6. The Morgan fingerprint density at radius 3 is 2.35 bits per heavy atom. The van der Waals surface area contributed by atoms with Gasteiger partial charge in [0, 0.05) is 17.3 Å². The average molecular weight is 417 g/mol. The quantitative estimate of drug-likeness (QED) is 0.384. The monoisotopic (exact) mass is 417 g/mol. The number of ether oxygens (including phenoxy) is 1. The first-order valence-electron chi connectivity index (χ1n) is 9.12. The Morgan fingerprint density at radius 2 is 1.68 bits per heavy atom. The van der Waals surface area contributed by atoms with E-state index in [2.05, 4.69) is 5.32 Å². The fourth-order valence-electron chi connectivity index (χ4n) is 3.31. The van der Waals surface area contributed by atoms with Crippen LogP contribution in [-0.2, 0) is 0 Å². The van der Waals surface area contributed by atoms with E-state index in [1.54, 1.807) is 30.3 Å². The second-order valence-corrected chi connectivity index (χ2v) is 6.64. The van der Waals surface area contributed by atoms with Crippen molar-refractivity contribution in [3.05, 3.63) is 93.5 Å². The van der Waals surface area contributed by atoms with Crippen LogP contribution in [0.15, 0.2) is 66.7 Å². The van der Waals surface area contributed by atoms with E-state index in [0.29, 0.717) is 5.69 Å². The highest BCUT2D eigenvalue weighted by molar-refractivity contribution is 6.34. The van der Waals surface area contributed by atoms with Crippen molar-refractivity contribution in [2.75, 3.05) is 17.3 Å². The van der Waals surface area contributed by atoms with Gasteiger partial charge in [0.05, 0.1) is 28.8 Å². The number of benzene rings is 3. The largest absolute Gasteiger partial charge is 0.490 e. The Bertz CT molecular complexity index is 1240. The number of methoxy groups -OCH3 is 1. The van der Waals surface area contributed by atoms with E-state index in [4.69, 9.17) is 4.74 Å². The van der Waals surface area contributed by atoms with E-state index in [9.17, 15) is 24.5 Å². The van der Waals surface area contributed by atoms with Gasteiger partial charge in [-0.3, -0.25) is 24.5 Å². The summed E-state index contributed by atoms with van der Waals surface area (Å²) in [6.07, 6.45) is 0. The van der Waals surface area contributed by atoms with Crippen LogP contribution in [0.25, 0.3) is 0 Å². The molecular weight excluding hydrogens is 402 g/mol. The number of carbonyl (C=O) groups is 3. The molecule has 31 heavy (non-hydrogen) atoms. The Labute approximate surface area is 176 Å². The number of nitro groups is 1. The van der Waals surface area contributed by atoms with E-state index < -0.39 is 22.6 Å². The minimum absolute atomic E-state index is 0.0317. The van der Waals surface area contributed by atoms with Gasteiger partial charge in [-0.1, -0.05) is 18.2 Å². The lowest BCUT2D eigenvalue weighted by Crippen LogP contribution is -2.29. The molecule has 154 valence electrons. The van der Waals surface area contributed by atoms with E-state index >= 15 is 0 Å². The number of nitro benzene ring substituents is 1. The molecule has 3 amide bonds. The van der Waals surface area contributed by atoms with Crippen LogP contribution in [0.1, 0.15) is 31.1 Å². The zero-order valence-electron chi connectivity index (χ0n) is 16.2. The van der Waals surface area contributed by atoms with Crippen molar-refractivity contribution in [2.45, 2.75) is 0 Å². The number of carbonyl (C=O) groups excluding carboxylic acids is 3. The molecule has 0 unspecified atom stereocenters. The van der Waals surface area contributed by atoms with Crippen LogP contribution >= 0.6 is 0 Å². The van der Waals surface area contributed by atoms with Gasteiger partial charge in [0.15, 0.2) is 5.75 Å². The highest BCUT2D eigenvalue weighted by Gasteiger charge is 2.36. The van der Waals surface area contributed by atoms with Crippen LogP contribution in [0.3, 0.4) is 0 Å². The lowest BCUT2D eigenvalue weighted by Gasteiger charge is -2.13. The van der Waals surface area contributed by atoms with Crippen LogP contribution in [0.4, 0.5) is 17.1 Å². The van der Waals surface area contributed by atoms with Gasteiger partial charge in [0.1, 0.15) is 0 Å². The molecule has 0 atom stereocenters. The molecule has 1 aliphatic rings. The van der Waals surface area contributed by atoms with Gasteiger partial charge in [-0.25, -0.2) is 4.90 Å². The summed E-state index contributed by atoms with van der Waals surface area (Å²) in [5, 5.41) is 13.8. The normalized spacial score (nSPS) is 12.5. The number of amides is 3. The molecule has 0 spiro atoms. The van der Waals surface area contributed by atoms with Crippen LogP contribution in [0.2, 0.25) is 0 Å². The number of anilines is 2. The molecule has 3 aromatic rings. The van der Waals surface area contributed by atoms with Crippen LogP contribution in [-0.4, -0.2) is 29.8 Å². The molecule has 1 N–H and O–H groups in total. The molecular formula is C22H15N3O6. The summed E-state index contributed by atoms with van der Waals surface area (Å²) < 4.78 is 4.93. The summed E-state index contributed by atoms with van der Waals surface area (Å²) in [5.74, 6) is -1.52. The first-order chi connectivity index (χ1) is 14.9. The minimum Gasteiger partial charge on any atom is -0.490 e. The summed E-state index contributed by atoms with van der Waals surface area (Å²) in [4.78, 5) is 49.7. The van der Waals surface area contributed by atoms with Gasteiger partial charge in [-0.2, -0.15) is 0 Å². The number of nitrogens with one attached hydrogen (secondary N) is 1. The third-order valence-corrected chi connectivity index (χ3v) is 4.80. The summed E-state index contributed by atoms with van der Waals surface area (Å²) in [6, 6.07) is 16.7. The fourth-order valence-corrected chi connectivity index (χ4v) is 3.31. The summed E-state index contributed by atoms with van der Waals surface area (Å²) in [7, 11) is 1.30. The molecule has 1 aliphatic heterocycles. The molecule has 0 fully saturated rings. The van der Waals surface area contributed by atoms with Crippen LogP contribution in [0, 0.1) is 10.1 Å². The second kappa shape index (κ2) is 7.71. The molecule has 0 radical (unpaired) electrons. The zero-order chi connectivity index (χ0) is 22.1. The smallest absolute Gasteiger partial charge is 0.311 e. The summed E-state index contributed by atoms with van der Waals surface area (Å²) in [5.41, 5.74) is 0.812. The standard InChI is InChI=1S/C22H15N3O6/c1-31-19-10-7-13(11-18(19)25(29)30)20(26)23-14-8-9-16-17(12-14)22(28)24(21(16)27)15-5-3-2-4-6-15/h2-12H,1H3,(H,23,26).